The number of nitrogens with two attached hydrogens (primary N) is 1. The molecule has 10 heteroatoms. The number of pyridine rings is 1. The maximum Gasteiger partial charge on any atom is 0.261 e. The van der Waals surface area contributed by atoms with Crippen LogP contribution in [0.25, 0.3) is 16.8 Å². The predicted molar refractivity (Wildman–Crippen MR) is 132 cm³/mol. The number of rotatable bonds is 7. The number of aliphatic hydroxyl groups excluding tert-OH is 1. The molecule has 1 aromatic carbocycles. The first-order valence-corrected chi connectivity index (χ1v) is 11.6. The lowest BCUT2D eigenvalue weighted by molar-refractivity contribution is 0.0869. The molecule has 0 saturated heterocycles. The quantitative estimate of drug-likeness (QED) is 0.323. The average molecular weight is 479 g/mol. The molecule has 176 valence electrons. The molecule has 2 amide bonds. The fraction of sp³-hybridized carbons (Fsp3) is 0.250. The first-order valence-electron chi connectivity index (χ1n) is 10.7. The first-order chi connectivity index (χ1) is 16.2. The Balaban J connectivity index is 1.63. The summed E-state index contributed by atoms with van der Waals surface area (Å²) in [5.41, 5.74) is 7.97. The van der Waals surface area contributed by atoms with Crippen LogP contribution in [0.5, 0.6) is 0 Å². The van der Waals surface area contributed by atoms with Crippen molar-refractivity contribution in [2.75, 3.05) is 12.3 Å². The van der Waals surface area contributed by atoms with Crippen LogP contribution in [0.15, 0.2) is 54.0 Å². The van der Waals surface area contributed by atoms with Gasteiger partial charge in [0.15, 0.2) is 5.65 Å². The second-order valence-electron chi connectivity index (χ2n) is 8.68. The number of amides is 2. The number of nitrogens with zero attached hydrogens (tertiary/aromatic N) is 3. The van der Waals surface area contributed by atoms with Crippen LogP contribution < -0.4 is 16.4 Å². The van der Waals surface area contributed by atoms with Crippen molar-refractivity contribution in [3.05, 3.63) is 70.0 Å². The van der Waals surface area contributed by atoms with Crippen molar-refractivity contribution in [2.24, 2.45) is 0 Å². The van der Waals surface area contributed by atoms with Crippen LogP contribution in [0.2, 0.25) is 0 Å². The predicted octanol–water partition coefficient (Wildman–Crippen LogP) is 3.03. The van der Waals surface area contributed by atoms with Gasteiger partial charge in [-0.15, -0.1) is 16.4 Å². The third kappa shape index (κ3) is 4.92. The summed E-state index contributed by atoms with van der Waals surface area (Å²) in [6, 6.07) is 13.1. The zero-order valence-corrected chi connectivity index (χ0v) is 19.9. The summed E-state index contributed by atoms with van der Waals surface area (Å²) in [6.45, 7) is 5.13. The number of hydrogen-bond acceptors (Lipinski definition) is 7. The van der Waals surface area contributed by atoms with Gasteiger partial charge in [0.05, 0.1) is 28.6 Å². The summed E-state index contributed by atoms with van der Waals surface area (Å²) < 4.78 is 1.44. The second-order valence-corrected chi connectivity index (χ2v) is 9.59. The smallest absolute Gasteiger partial charge is 0.261 e. The molecule has 0 bridgehead atoms. The number of aromatic nitrogens is 3. The van der Waals surface area contributed by atoms with Gasteiger partial charge in [-0.2, -0.15) is 4.98 Å². The van der Waals surface area contributed by atoms with E-state index in [1.54, 1.807) is 32.2 Å². The molecule has 5 N–H and O–H groups in total. The molecular weight excluding hydrogens is 452 g/mol. The second kappa shape index (κ2) is 9.24. The van der Waals surface area contributed by atoms with E-state index in [9.17, 15) is 14.7 Å². The van der Waals surface area contributed by atoms with E-state index in [4.69, 9.17) is 5.73 Å². The Hall–Kier alpha value is -3.76. The number of carbonyl (C=O) groups excluding carboxylic acids is 2. The minimum Gasteiger partial charge on any atom is -0.394 e. The SMILES string of the molecule is C[C@H](NC(=O)c1cc(-c2cc(C(=O)NC(C)(C)CO)c3nc(N)nn3c2)cs1)c1ccccc1. The molecule has 0 spiro atoms. The number of thiophene rings is 1. The molecule has 1 atom stereocenters. The molecule has 9 nitrogen and oxygen atoms in total. The van der Waals surface area contributed by atoms with E-state index in [-0.39, 0.29) is 30.1 Å². The Kier molecular flexibility index (Phi) is 6.36. The van der Waals surface area contributed by atoms with Gasteiger partial charge in [0.25, 0.3) is 11.8 Å². The van der Waals surface area contributed by atoms with Crippen LogP contribution in [0.4, 0.5) is 5.95 Å². The minimum atomic E-state index is -0.821. The standard InChI is InChI=1S/C24H26N6O3S/c1-14(15-7-5-4-6-8-15)26-22(33)19-10-17(12-34-19)16-9-18(21(32)28-24(2,3)13-31)20-27-23(25)29-30(20)11-16/h4-12,14,31H,13H2,1-3H3,(H2,25,29)(H,26,33)(H,28,32)/t14-/m0/s1. The van der Waals surface area contributed by atoms with E-state index in [1.165, 1.54) is 15.9 Å². The molecule has 0 aliphatic rings. The Morgan fingerprint density at radius 1 is 1.18 bits per heavy atom. The maximum atomic E-state index is 13.0. The van der Waals surface area contributed by atoms with Crippen LogP contribution in [0.1, 0.15) is 52.4 Å². The van der Waals surface area contributed by atoms with Crippen LogP contribution in [0, 0.1) is 0 Å². The number of fused-ring (bicyclic) bond motifs is 1. The number of aliphatic hydroxyl groups is 1. The highest BCUT2D eigenvalue weighted by Crippen LogP contribution is 2.28. The van der Waals surface area contributed by atoms with Gasteiger partial charge in [-0.05, 0) is 49.4 Å². The molecule has 0 unspecified atom stereocenters. The average Bonchev–Trinajstić information content (AvgIpc) is 3.45. The normalized spacial score (nSPS) is 12.5. The third-order valence-electron chi connectivity index (χ3n) is 5.35. The Bertz CT molecular complexity index is 1350. The van der Waals surface area contributed by atoms with Gasteiger partial charge in [-0.3, -0.25) is 9.59 Å². The number of carbonyl (C=O) groups is 2. The number of nitrogens with one attached hydrogen (secondary N) is 2. The summed E-state index contributed by atoms with van der Waals surface area (Å²) in [6.07, 6.45) is 1.71. The maximum absolute atomic E-state index is 13.0. The Labute approximate surface area is 200 Å². The van der Waals surface area contributed by atoms with E-state index >= 15 is 0 Å². The lowest BCUT2D eigenvalue weighted by Gasteiger charge is -2.23. The highest BCUT2D eigenvalue weighted by molar-refractivity contribution is 7.12. The van der Waals surface area contributed by atoms with E-state index in [1.807, 2.05) is 42.6 Å². The van der Waals surface area contributed by atoms with E-state index in [0.717, 1.165) is 11.1 Å². The van der Waals surface area contributed by atoms with Crippen LogP contribution >= 0.6 is 11.3 Å². The molecular formula is C24H26N6O3S. The van der Waals surface area contributed by atoms with Crippen molar-refractivity contribution in [2.45, 2.75) is 32.4 Å². The van der Waals surface area contributed by atoms with Gasteiger partial charge in [-0.1, -0.05) is 30.3 Å². The van der Waals surface area contributed by atoms with E-state index < -0.39 is 11.4 Å². The van der Waals surface area contributed by atoms with Gasteiger partial charge in [0.1, 0.15) is 0 Å². The van der Waals surface area contributed by atoms with Gasteiger partial charge in [0, 0.05) is 11.8 Å². The number of nitrogen functional groups attached to an aromatic ring is 1. The largest absolute Gasteiger partial charge is 0.394 e. The van der Waals surface area contributed by atoms with Crippen molar-refractivity contribution >= 4 is 34.7 Å². The highest BCUT2D eigenvalue weighted by Gasteiger charge is 2.24. The summed E-state index contributed by atoms with van der Waals surface area (Å²) in [4.78, 5) is 30.5. The zero-order chi connectivity index (χ0) is 24.5. The van der Waals surface area contributed by atoms with Gasteiger partial charge in [0.2, 0.25) is 5.95 Å². The summed E-state index contributed by atoms with van der Waals surface area (Å²) in [5.74, 6) is -0.558. The molecule has 0 aliphatic heterocycles. The minimum absolute atomic E-state index is 0.0351. The number of benzene rings is 1. The fourth-order valence-electron chi connectivity index (χ4n) is 3.44. The topological polar surface area (TPSA) is 135 Å². The van der Waals surface area contributed by atoms with Crippen molar-refractivity contribution in [1.29, 1.82) is 0 Å². The lowest BCUT2D eigenvalue weighted by atomic mass is 10.0. The van der Waals surface area contributed by atoms with Gasteiger partial charge >= 0.3 is 0 Å². The van der Waals surface area contributed by atoms with Crippen LogP contribution in [0.3, 0.4) is 0 Å². The molecule has 34 heavy (non-hydrogen) atoms. The number of anilines is 1. The van der Waals surface area contributed by atoms with Crippen LogP contribution in [-0.4, -0.2) is 43.7 Å². The summed E-state index contributed by atoms with van der Waals surface area (Å²) >= 11 is 1.31. The summed E-state index contributed by atoms with van der Waals surface area (Å²) in [5, 5.41) is 21.3. The molecule has 0 radical (unpaired) electrons. The van der Waals surface area contributed by atoms with Crippen molar-refractivity contribution in [3.63, 3.8) is 0 Å². The molecule has 0 saturated carbocycles. The van der Waals surface area contributed by atoms with Crippen molar-refractivity contribution in [1.82, 2.24) is 25.2 Å². The molecule has 4 aromatic rings. The summed E-state index contributed by atoms with van der Waals surface area (Å²) in [7, 11) is 0. The first kappa shape index (κ1) is 23.4. The Morgan fingerprint density at radius 3 is 2.62 bits per heavy atom. The molecule has 3 aromatic heterocycles. The van der Waals surface area contributed by atoms with E-state index in [2.05, 4.69) is 20.7 Å². The molecule has 0 aliphatic carbocycles. The molecule has 4 rings (SSSR count). The van der Waals surface area contributed by atoms with Crippen LogP contribution in [-0.2, 0) is 0 Å². The molecule has 0 fully saturated rings. The van der Waals surface area contributed by atoms with Gasteiger partial charge in [-0.25, -0.2) is 4.52 Å². The highest BCUT2D eigenvalue weighted by atomic mass is 32.1. The fourth-order valence-corrected chi connectivity index (χ4v) is 4.26. The zero-order valence-electron chi connectivity index (χ0n) is 19.1. The number of hydrogen-bond donors (Lipinski definition) is 4. The monoisotopic (exact) mass is 478 g/mol. The van der Waals surface area contributed by atoms with Crippen molar-refractivity contribution in [3.8, 4) is 11.1 Å². The van der Waals surface area contributed by atoms with Gasteiger partial charge < -0.3 is 21.5 Å². The molecule has 3 heterocycles. The Morgan fingerprint density at radius 2 is 1.91 bits per heavy atom. The third-order valence-corrected chi connectivity index (χ3v) is 6.27. The van der Waals surface area contributed by atoms with E-state index in [0.29, 0.717) is 16.1 Å². The lowest BCUT2D eigenvalue weighted by Crippen LogP contribution is -2.46. The van der Waals surface area contributed by atoms with Crippen molar-refractivity contribution < 1.29 is 14.7 Å².